The van der Waals surface area contributed by atoms with Gasteiger partial charge in [-0.2, -0.15) is 0 Å². The Balaban J connectivity index is 1.46. The number of halogens is 1. The predicted molar refractivity (Wildman–Crippen MR) is 110 cm³/mol. The highest BCUT2D eigenvalue weighted by Gasteiger charge is 2.45. The van der Waals surface area contributed by atoms with E-state index in [-0.39, 0.29) is 23.5 Å². The summed E-state index contributed by atoms with van der Waals surface area (Å²) in [6, 6.07) is 14.3. The summed E-state index contributed by atoms with van der Waals surface area (Å²) in [4.78, 5) is 26.7. The summed E-state index contributed by atoms with van der Waals surface area (Å²) >= 11 is 0. The van der Waals surface area contributed by atoms with Crippen molar-refractivity contribution in [1.29, 1.82) is 0 Å². The Bertz CT molecular complexity index is 917. The highest BCUT2D eigenvalue weighted by Crippen LogP contribution is 2.41. The molecule has 1 saturated carbocycles. The van der Waals surface area contributed by atoms with Crippen LogP contribution in [0.4, 0.5) is 4.39 Å². The fraction of sp³-hybridized carbons (Fsp3) is 0.417. The SMILES string of the molecule is C[C@@H]1C[C@H]1C(=O)N1CCC(Cc2ccc(-c3ccccc3F)cc2)(C(N)=O)CC1. The summed E-state index contributed by atoms with van der Waals surface area (Å²) in [6.07, 6.45) is 2.70. The fourth-order valence-electron chi connectivity index (χ4n) is 4.45. The Morgan fingerprint density at radius 3 is 2.28 bits per heavy atom. The number of hydrogen-bond donors (Lipinski definition) is 1. The molecule has 1 aliphatic heterocycles. The van der Waals surface area contributed by atoms with Gasteiger partial charge >= 0.3 is 0 Å². The van der Waals surface area contributed by atoms with Crippen LogP contribution in [0.1, 0.15) is 31.7 Å². The third kappa shape index (κ3) is 3.91. The second-order valence-corrected chi connectivity index (χ2v) is 8.64. The second-order valence-electron chi connectivity index (χ2n) is 8.64. The summed E-state index contributed by atoms with van der Waals surface area (Å²) in [5, 5.41) is 0. The van der Waals surface area contributed by atoms with Gasteiger partial charge in [0.15, 0.2) is 0 Å². The van der Waals surface area contributed by atoms with Crippen molar-refractivity contribution in [2.45, 2.75) is 32.6 Å². The molecule has 2 aromatic rings. The number of amides is 2. The van der Waals surface area contributed by atoms with Gasteiger partial charge in [-0.15, -0.1) is 0 Å². The van der Waals surface area contributed by atoms with Gasteiger partial charge in [-0.25, -0.2) is 4.39 Å². The Morgan fingerprint density at radius 1 is 1.10 bits per heavy atom. The van der Waals surface area contributed by atoms with E-state index in [0.29, 0.717) is 43.8 Å². The average molecular weight is 394 g/mol. The van der Waals surface area contributed by atoms with Crippen molar-refractivity contribution in [2.75, 3.05) is 13.1 Å². The molecular formula is C24H27FN2O2. The molecule has 5 heteroatoms. The lowest BCUT2D eigenvalue weighted by Gasteiger charge is -2.40. The van der Waals surface area contributed by atoms with Gasteiger partial charge in [0.25, 0.3) is 0 Å². The highest BCUT2D eigenvalue weighted by molar-refractivity contribution is 5.84. The van der Waals surface area contributed by atoms with Gasteiger partial charge in [-0.3, -0.25) is 9.59 Å². The van der Waals surface area contributed by atoms with Crippen molar-refractivity contribution >= 4 is 11.8 Å². The van der Waals surface area contributed by atoms with E-state index in [9.17, 15) is 14.0 Å². The van der Waals surface area contributed by atoms with Gasteiger partial charge in [-0.05, 0) is 48.8 Å². The maximum atomic E-state index is 14.0. The third-order valence-electron chi connectivity index (χ3n) is 6.66. The molecule has 4 nitrogen and oxygen atoms in total. The van der Waals surface area contributed by atoms with E-state index >= 15 is 0 Å². The molecule has 152 valence electrons. The van der Waals surface area contributed by atoms with Gasteiger partial charge in [0.2, 0.25) is 11.8 Å². The molecule has 0 radical (unpaired) electrons. The average Bonchev–Trinajstić information content (AvgIpc) is 3.45. The topological polar surface area (TPSA) is 63.4 Å². The zero-order chi connectivity index (χ0) is 20.6. The molecule has 0 bridgehead atoms. The lowest BCUT2D eigenvalue weighted by molar-refractivity contribution is -0.140. The van der Waals surface area contributed by atoms with Gasteiger partial charge in [0.1, 0.15) is 5.82 Å². The number of likely N-dealkylation sites (tertiary alicyclic amines) is 1. The monoisotopic (exact) mass is 394 g/mol. The van der Waals surface area contributed by atoms with Crippen LogP contribution < -0.4 is 5.73 Å². The molecule has 2 aromatic carbocycles. The van der Waals surface area contributed by atoms with Crippen LogP contribution in [0.15, 0.2) is 48.5 Å². The first kappa shape index (κ1) is 19.6. The van der Waals surface area contributed by atoms with Crippen LogP contribution in [0.5, 0.6) is 0 Å². The minimum absolute atomic E-state index is 0.169. The number of primary amides is 1. The molecule has 29 heavy (non-hydrogen) atoms. The van der Waals surface area contributed by atoms with Crippen molar-refractivity contribution < 1.29 is 14.0 Å². The van der Waals surface area contributed by atoms with E-state index in [1.807, 2.05) is 35.2 Å². The number of nitrogens with two attached hydrogens (primary N) is 1. The molecule has 2 fully saturated rings. The van der Waals surface area contributed by atoms with Crippen LogP contribution in [0.3, 0.4) is 0 Å². The first-order valence-electron chi connectivity index (χ1n) is 10.3. The van der Waals surface area contributed by atoms with Crippen LogP contribution in [-0.4, -0.2) is 29.8 Å². The van der Waals surface area contributed by atoms with E-state index in [2.05, 4.69) is 6.92 Å². The van der Waals surface area contributed by atoms with Gasteiger partial charge in [0.05, 0.1) is 5.41 Å². The highest BCUT2D eigenvalue weighted by atomic mass is 19.1. The number of hydrogen-bond acceptors (Lipinski definition) is 2. The predicted octanol–water partition coefficient (Wildman–Crippen LogP) is 3.79. The molecule has 1 saturated heterocycles. The van der Waals surface area contributed by atoms with Crippen molar-refractivity contribution in [2.24, 2.45) is 23.0 Å². The number of carbonyl (C=O) groups is 2. The number of nitrogens with zero attached hydrogens (tertiary/aromatic N) is 1. The Morgan fingerprint density at radius 2 is 1.72 bits per heavy atom. The molecule has 1 heterocycles. The molecule has 2 N–H and O–H groups in total. The van der Waals surface area contributed by atoms with Gasteiger partial charge in [0, 0.05) is 24.6 Å². The molecule has 2 aliphatic rings. The number of rotatable bonds is 5. The Labute approximate surface area is 170 Å². The van der Waals surface area contributed by atoms with E-state index in [1.165, 1.54) is 6.07 Å². The quantitative estimate of drug-likeness (QED) is 0.839. The summed E-state index contributed by atoms with van der Waals surface area (Å²) in [5.41, 5.74) is 7.55. The van der Waals surface area contributed by atoms with Gasteiger partial charge < -0.3 is 10.6 Å². The Hall–Kier alpha value is -2.69. The summed E-state index contributed by atoms with van der Waals surface area (Å²) in [6.45, 7) is 3.27. The molecule has 2 atom stereocenters. The van der Waals surface area contributed by atoms with Crippen molar-refractivity contribution in [3.05, 3.63) is 59.9 Å². The molecular weight excluding hydrogens is 367 g/mol. The van der Waals surface area contributed by atoms with Crippen LogP contribution in [0.2, 0.25) is 0 Å². The molecule has 0 aromatic heterocycles. The van der Waals surface area contributed by atoms with Crippen LogP contribution in [0.25, 0.3) is 11.1 Å². The second kappa shape index (κ2) is 7.62. The molecule has 4 rings (SSSR count). The Kier molecular flexibility index (Phi) is 5.15. The van der Waals surface area contributed by atoms with Gasteiger partial charge in [-0.1, -0.05) is 49.4 Å². The third-order valence-corrected chi connectivity index (χ3v) is 6.66. The van der Waals surface area contributed by atoms with Crippen molar-refractivity contribution in [3.63, 3.8) is 0 Å². The zero-order valence-electron chi connectivity index (χ0n) is 16.7. The first-order chi connectivity index (χ1) is 13.9. The largest absolute Gasteiger partial charge is 0.369 e. The normalized spacial score (nSPS) is 22.9. The fourth-order valence-corrected chi connectivity index (χ4v) is 4.45. The van der Waals surface area contributed by atoms with Crippen LogP contribution in [-0.2, 0) is 16.0 Å². The maximum absolute atomic E-state index is 14.0. The van der Waals surface area contributed by atoms with Crippen molar-refractivity contribution in [1.82, 2.24) is 4.90 Å². The van der Waals surface area contributed by atoms with E-state index in [4.69, 9.17) is 5.73 Å². The van der Waals surface area contributed by atoms with Crippen molar-refractivity contribution in [3.8, 4) is 11.1 Å². The summed E-state index contributed by atoms with van der Waals surface area (Å²) in [5.74, 6) is 0.323. The molecule has 0 unspecified atom stereocenters. The lowest BCUT2D eigenvalue weighted by atomic mass is 9.73. The lowest BCUT2D eigenvalue weighted by Crippen LogP contribution is -2.50. The number of piperidine rings is 1. The van der Waals surface area contributed by atoms with E-state index in [0.717, 1.165) is 17.5 Å². The summed E-state index contributed by atoms with van der Waals surface area (Å²) < 4.78 is 14.0. The molecule has 2 amide bonds. The van der Waals surface area contributed by atoms with Crippen LogP contribution >= 0.6 is 0 Å². The zero-order valence-corrected chi connectivity index (χ0v) is 16.7. The first-order valence-corrected chi connectivity index (χ1v) is 10.3. The standard InChI is InChI=1S/C24H27FN2O2/c1-16-14-20(16)22(28)27-12-10-24(11-13-27,23(26)29)15-17-6-8-18(9-7-17)19-4-2-3-5-21(19)25/h2-9,16,20H,10-15H2,1H3,(H2,26,29)/t16-,20-/m1/s1. The number of benzene rings is 2. The molecule has 0 spiro atoms. The smallest absolute Gasteiger partial charge is 0.225 e. The maximum Gasteiger partial charge on any atom is 0.225 e. The van der Waals surface area contributed by atoms with E-state index < -0.39 is 5.41 Å². The summed E-state index contributed by atoms with van der Waals surface area (Å²) in [7, 11) is 0. The van der Waals surface area contributed by atoms with Crippen LogP contribution in [0, 0.1) is 23.1 Å². The van der Waals surface area contributed by atoms with E-state index in [1.54, 1.807) is 12.1 Å². The molecule has 1 aliphatic carbocycles. The minimum atomic E-state index is -0.633. The minimum Gasteiger partial charge on any atom is -0.369 e. The number of carbonyl (C=O) groups excluding carboxylic acids is 2.